The first-order chi connectivity index (χ1) is 15.2. The lowest BCUT2D eigenvalue weighted by Gasteiger charge is -2.06. The summed E-state index contributed by atoms with van der Waals surface area (Å²) in [6.07, 6.45) is 5.81. The smallest absolute Gasteiger partial charge is 0.220 e. The second-order valence-corrected chi connectivity index (χ2v) is 8.36. The second-order valence-electron chi connectivity index (χ2n) is 7.44. The van der Waals surface area contributed by atoms with E-state index in [-0.39, 0.29) is 0 Å². The summed E-state index contributed by atoms with van der Waals surface area (Å²) in [6, 6.07) is 20.7. The highest BCUT2D eigenvalue weighted by atomic mass is 79.9. The molecule has 0 N–H and O–H groups in total. The Morgan fingerprint density at radius 3 is 2.71 bits per heavy atom. The Morgan fingerprint density at radius 1 is 1.00 bits per heavy atom. The summed E-state index contributed by atoms with van der Waals surface area (Å²) in [6.45, 7) is 5.99. The van der Waals surface area contributed by atoms with Crippen LogP contribution in [-0.2, 0) is 0 Å². The van der Waals surface area contributed by atoms with Crippen LogP contribution in [-0.4, -0.2) is 14.0 Å². The topological polar surface area (TPSA) is 35.4 Å². The Kier molecular flexibility index (Phi) is 3.95. The summed E-state index contributed by atoms with van der Waals surface area (Å²) >= 11 is 3.64. The zero-order valence-electron chi connectivity index (χ0n) is 16.8. The summed E-state index contributed by atoms with van der Waals surface area (Å²) in [7, 11) is 0. The third kappa shape index (κ3) is 2.50. The van der Waals surface area contributed by atoms with Crippen molar-refractivity contribution in [1.82, 2.24) is 14.0 Å². The molecular weight excluding hydrogens is 450 g/mol. The zero-order chi connectivity index (χ0) is 21.1. The number of hydrogen-bond donors (Lipinski definition) is 0. The third-order valence-electron chi connectivity index (χ3n) is 5.69. The van der Waals surface area contributed by atoms with Crippen LogP contribution in [0.1, 0.15) is 18.2 Å². The Bertz CT molecular complexity index is 1680. The van der Waals surface area contributed by atoms with Gasteiger partial charge in [0.05, 0.1) is 27.8 Å². The van der Waals surface area contributed by atoms with Gasteiger partial charge in [-0.2, -0.15) is 0 Å². The summed E-state index contributed by atoms with van der Waals surface area (Å²) < 4.78 is 11.8. The van der Waals surface area contributed by atoms with E-state index in [9.17, 15) is 0 Å². The van der Waals surface area contributed by atoms with Gasteiger partial charge in [0.15, 0.2) is 5.58 Å². The predicted octanol–water partition coefficient (Wildman–Crippen LogP) is 7.62. The summed E-state index contributed by atoms with van der Waals surface area (Å²) in [5, 5.41) is 1.04. The van der Waals surface area contributed by atoms with Crippen molar-refractivity contribution in [1.29, 1.82) is 0 Å². The quantitative estimate of drug-likeness (QED) is 0.268. The van der Waals surface area contributed by atoms with Crippen molar-refractivity contribution in [2.24, 2.45) is 0 Å². The molecule has 0 fully saturated rings. The standard InChI is InChI=1S/C26H18BrN3O/c1-3-8-24-17(4-2)18-9-7-12-22(25(18)31-24)30-21-14-13-16(27)15-23(21)29-20-11-6-5-10-19(20)28-26(29)30/h3-15H,2H2,1H3/b8-3-. The lowest BCUT2D eigenvalue weighted by Crippen LogP contribution is -1.95. The summed E-state index contributed by atoms with van der Waals surface area (Å²) in [5.41, 5.74) is 6.95. The van der Waals surface area contributed by atoms with Crippen LogP contribution in [0.2, 0.25) is 0 Å². The van der Waals surface area contributed by atoms with E-state index in [4.69, 9.17) is 9.40 Å². The molecule has 150 valence electrons. The fraction of sp³-hybridized carbons (Fsp3) is 0.0385. The van der Waals surface area contributed by atoms with Gasteiger partial charge in [0.2, 0.25) is 5.78 Å². The molecular formula is C26H18BrN3O. The van der Waals surface area contributed by atoms with Crippen molar-refractivity contribution in [2.45, 2.75) is 6.92 Å². The van der Waals surface area contributed by atoms with E-state index in [1.165, 1.54) is 0 Å². The number of nitrogens with zero attached hydrogens (tertiary/aromatic N) is 3. The molecule has 0 bridgehead atoms. The lowest BCUT2D eigenvalue weighted by atomic mass is 10.1. The number of benzene rings is 3. The third-order valence-corrected chi connectivity index (χ3v) is 6.18. The van der Waals surface area contributed by atoms with Crippen molar-refractivity contribution in [3.05, 3.63) is 89.1 Å². The van der Waals surface area contributed by atoms with E-state index in [0.29, 0.717) is 0 Å². The van der Waals surface area contributed by atoms with Crippen molar-refractivity contribution in [2.75, 3.05) is 0 Å². The second kappa shape index (κ2) is 6.72. The average molecular weight is 468 g/mol. The normalized spacial score (nSPS) is 12.2. The van der Waals surface area contributed by atoms with Gasteiger partial charge >= 0.3 is 0 Å². The van der Waals surface area contributed by atoms with Gasteiger partial charge in [-0.1, -0.05) is 58.9 Å². The molecule has 0 aliphatic carbocycles. The number of para-hydroxylation sites is 3. The molecule has 0 atom stereocenters. The van der Waals surface area contributed by atoms with Crippen molar-refractivity contribution < 1.29 is 4.42 Å². The fourth-order valence-corrected chi connectivity index (χ4v) is 4.76. The van der Waals surface area contributed by atoms with Crippen LogP contribution in [0.3, 0.4) is 0 Å². The molecule has 0 saturated heterocycles. The molecule has 3 aromatic heterocycles. The van der Waals surface area contributed by atoms with Gasteiger partial charge in [-0.15, -0.1) is 0 Å². The molecule has 4 nitrogen and oxygen atoms in total. The number of allylic oxidation sites excluding steroid dienone is 1. The lowest BCUT2D eigenvalue weighted by molar-refractivity contribution is 0.601. The highest BCUT2D eigenvalue weighted by molar-refractivity contribution is 9.10. The van der Waals surface area contributed by atoms with Crippen molar-refractivity contribution >= 4 is 66.9 Å². The molecule has 6 rings (SSSR count). The van der Waals surface area contributed by atoms with Gasteiger partial charge in [-0.05, 0) is 49.4 Å². The van der Waals surface area contributed by atoms with Crippen molar-refractivity contribution in [3.8, 4) is 5.69 Å². The molecule has 3 aromatic carbocycles. The largest absolute Gasteiger partial charge is 0.454 e. The maximum absolute atomic E-state index is 6.36. The van der Waals surface area contributed by atoms with Crippen LogP contribution >= 0.6 is 15.9 Å². The number of fused-ring (bicyclic) bond motifs is 6. The predicted molar refractivity (Wildman–Crippen MR) is 132 cm³/mol. The minimum absolute atomic E-state index is 0.809. The number of halogens is 1. The van der Waals surface area contributed by atoms with Crippen LogP contribution in [0.25, 0.3) is 56.7 Å². The van der Waals surface area contributed by atoms with Crippen LogP contribution in [0.4, 0.5) is 0 Å². The summed E-state index contributed by atoms with van der Waals surface area (Å²) in [4.78, 5) is 4.99. The molecule has 0 aliphatic rings. The van der Waals surface area contributed by atoms with Gasteiger partial charge in [-0.25, -0.2) is 4.98 Å². The summed E-state index contributed by atoms with van der Waals surface area (Å²) in [5.74, 6) is 1.66. The molecule has 0 spiro atoms. The molecule has 0 saturated carbocycles. The van der Waals surface area contributed by atoms with Crippen LogP contribution in [0.5, 0.6) is 0 Å². The van der Waals surface area contributed by atoms with Crippen LogP contribution in [0, 0.1) is 0 Å². The van der Waals surface area contributed by atoms with E-state index >= 15 is 0 Å². The van der Waals surface area contributed by atoms with E-state index in [2.05, 4.69) is 73.9 Å². The number of furan rings is 1. The minimum atomic E-state index is 0.809. The van der Waals surface area contributed by atoms with Crippen LogP contribution < -0.4 is 0 Å². The molecule has 0 amide bonds. The highest BCUT2D eigenvalue weighted by Gasteiger charge is 2.21. The van der Waals surface area contributed by atoms with E-state index in [1.54, 1.807) is 0 Å². The average Bonchev–Trinajstić information content (AvgIpc) is 3.42. The van der Waals surface area contributed by atoms with Gasteiger partial charge < -0.3 is 4.42 Å². The first-order valence-electron chi connectivity index (χ1n) is 10.1. The van der Waals surface area contributed by atoms with E-state index < -0.39 is 0 Å². The van der Waals surface area contributed by atoms with E-state index in [1.807, 2.05) is 43.4 Å². The molecule has 0 unspecified atom stereocenters. The number of aromatic nitrogens is 3. The molecule has 3 heterocycles. The van der Waals surface area contributed by atoms with Crippen molar-refractivity contribution in [3.63, 3.8) is 0 Å². The van der Waals surface area contributed by atoms with Gasteiger partial charge in [0, 0.05) is 15.4 Å². The van der Waals surface area contributed by atoms with E-state index in [0.717, 1.165) is 60.3 Å². The Balaban J connectivity index is 1.82. The number of rotatable bonds is 3. The SMILES string of the molecule is C=Cc1c(/C=C\C)oc2c(-n3c4ccc(Br)cc4n4c5ccccc5nc34)cccc12. The zero-order valence-corrected chi connectivity index (χ0v) is 18.4. The maximum atomic E-state index is 6.36. The monoisotopic (exact) mass is 467 g/mol. The number of imidazole rings is 2. The Hall–Kier alpha value is -3.57. The molecule has 0 radical (unpaired) electrons. The van der Waals surface area contributed by atoms with Gasteiger partial charge in [0.25, 0.3) is 0 Å². The molecule has 6 aromatic rings. The Labute approximate surface area is 186 Å². The minimum Gasteiger partial charge on any atom is -0.454 e. The highest BCUT2D eigenvalue weighted by Crippen LogP contribution is 2.36. The number of hydrogen-bond acceptors (Lipinski definition) is 2. The van der Waals surface area contributed by atoms with Gasteiger partial charge in [0.1, 0.15) is 5.76 Å². The molecule has 0 aliphatic heterocycles. The molecule has 31 heavy (non-hydrogen) atoms. The Morgan fingerprint density at radius 2 is 1.87 bits per heavy atom. The molecule has 5 heteroatoms. The van der Waals surface area contributed by atoms with Crippen LogP contribution in [0.15, 0.2) is 82.2 Å². The first-order valence-corrected chi connectivity index (χ1v) is 10.9. The maximum Gasteiger partial charge on any atom is 0.220 e. The first kappa shape index (κ1) is 18.2. The van der Waals surface area contributed by atoms with Gasteiger partial charge in [-0.3, -0.25) is 8.97 Å². The fourth-order valence-electron chi connectivity index (χ4n) is 4.41.